The molecule has 0 aromatic carbocycles. The molecule has 0 radical (unpaired) electrons. The van der Waals surface area contributed by atoms with E-state index in [1.54, 1.807) is 14.1 Å². The van der Waals surface area contributed by atoms with Crippen LogP contribution >= 0.6 is 12.2 Å². The lowest BCUT2D eigenvalue weighted by Crippen LogP contribution is -2.08. The summed E-state index contributed by atoms with van der Waals surface area (Å²) in [7, 11) is 3.21. The predicted octanol–water partition coefficient (Wildman–Crippen LogP) is 1.87. The SMILES string of the molecule is Cn1c(=S)n(C)c2c(C(F)F)cc(=O)[nH]c21. The second kappa shape index (κ2) is 3.51. The number of aryl methyl sites for hydroxylation is 2. The molecule has 2 aromatic rings. The molecule has 0 aliphatic carbocycles. The summed E-state index contributed by atoms with van der Waals surface area (Å²) >= 11 is 5.04. The standard InChI is InChI=1S/C9H9F2N3OS/c1-13-6-4(7(10)11)3-5(15)12-8(6)14(2)9(13)16/h3,7H,1-2H3,(H,12,15). The topological polar surface area (TPSA) is 42.7 Å². The molecule has 1 N–H and O–H groups in total. The number of aromatic nitrogens is 3. The molecule has 0 saturated heterocycles. The van der Waals surface area contributed by atoms with Gasteiger partial charge in [-0.1, -0.05) is 0 Å². The zero-order chi connectivity index (χ0) is 12.0. The van der Waals surface area contributed by atoms with E-state index >= 15 is 0 Å². The summed E-state index contributed by atoms with van der Waals surface area (Å²) in [6.07, 6.45) is -2.70. The van der Waals surface area contributed by atoms with E-state index in [-0.39, 0.29) is 11.1 Å². The highest BCUT2D eigenvalue weighted by molar-refractivity contribution is 7.71. The van der Waals surface area contributed by atoms with Gasteiger partial charge in [-0.25, -0.2) is 8.78 Å². The molecule has 0 aliphatic heterocycles. The van der Waals surface area contributed by atoms with Gasteiger partial charge >= 0.3 is 0 Å². The normalized spacial score (nSPS) is 11.6. The van der Waals surface area contributed by atoms with E-state index in [4.69, 9.17) is 12.2 Å². The highest BCUT2D eigenvalue weighted by atomic mass is 32.1. The summed E-state index contributed by atoms with van der Waals surface area (Å²) < 4.78 is 28.9. The quantitative estimate of drug-likeness (QED) is 0.779. The third-order valence-corrected chi connectivity index (χ3v) is 3.05. The first-order chi connectivity index (χ1) is 7.43. The molecular weight excluding hydrogens is 236 g/mol. The third kappa shape index (κ3) is 1.39. The molecule has 7 heteroatoms. The first-order valence-corrected chi connectivity index (χ1v) is 4.91. The maximum Gasteiger partial charge on any atom is 0.266 e. The van der Waals surface area contributed by atoms with Crippen LogP contribution < -0.4 is 5.56 Å². The van der Waals surface area contributed by atoms with Gasteiger partial charge in [-0.3, -0.25) is 4.79 Å². The molecule has 0 amide bonds. The van der Waals surface area contributed by atoms with E-state index in [1.807, 2.05) is 0 Å². The number of nitrogens with one attached hydrogen (secondary N) is 1. The molecule has 0 aliphatic rings. The van der Waals surface area contributed by atoms with Crippen LogP contribution in [0.15, 0.2) is 10.9 Å². The second-order valence-corrected chi connectivity index (χ2v) is 3.85. The molecule has 0 unspecified atom stereocenters. The number of hydrogen-bond acceptors (Lipinski definition) is 2. The second-order valence-electron chi connectivity index (χ2n) is 3.49. The number of imidazole rings is 1. The van der Waals surface area contributed by atoms with Gasteiger partial charge in [-0.15, -0.1) is 0 Å². The summed E-state index contributed by atoms with van der Waals surface area (Å²) in [4.78, 5) is 13.7. The van der Waals surface area contributed by atoms with E-state index < -0.39 is 12.0 Å². The van der Waals surface area contributed by atoms with Crippen molar-refractivity contribution in [2.24, 2.45) is 14.1 Å². The Balaban J connectivity index is 3.08. The molecule has 16 heavy (non-hydrogen) atoms. The van der Waals surface area contributed by atoms with Crippen LogP contribution in [0.25, 0.3) is 11.2 Å². The Kier molecular flexibility index (Phi) is 2.42. The Morgan fingerprint density at radius 3 is 2.56 bits per heavy atom. The zero-order valence-corrected chi connectivity index (χ0v) is 9.44. The van der Waals surface area contributed by atoms with Gasteiger partial charge < -0.3 is 14.1 Å². The van der Waals surface area contributed by atoms with Crippen LogP contribution in [0.4, 0.5) is 8.78 Å². The number of rotatable bonds is 1. The maximum atomic E-state index is 12.8. The monoisotopic (exact) mass is 245 g/mol. The van der Waals surface area contributed by atoms with Gasteiger partial charge in [0, 0.05) is 20.2 Å². The summed E-state index contributed by atoms with van der Waals surface area (Å²) in [6.45, 7) is 0. The Morgan fingerprint density at radius 2 is 2.00 bits per heavy atom. The van der Waals surface area contributed by atoms with Gasteiger partial charge in [0.05, 0.1) is 11.1 Å². The summed E-state index contributed by atoms with van der Waals surface area (Å²) in [5.41, 5.74) is -0.274. The van der Waals surface area contributed by atoms with Gasteiger partial charge in [-0.2, -0.15) is 0 Å². The first kappa shape index (κ1) is 11.0. The van der Waals surface area contributed by atoms with E-state index in [9.17, 15) is 13.6 Å². The minimum atomic E-state index is -2.70. The average Bonchev–Trinajstić information content (AvgIpc) is 2.43. The number of aromatic amines is 1. The number of nitrogens with zero attached hydrogens (tertiary/aromatic N) is 2. The first-order valence-electron chi connectivity index (χ1n) is 4.50. The fourth-order valence-electron chi connectivity index (χ4n) is 1.74. The smallest absolute Gasteiger partial charge is 0.266 e. The van der Waals surface area contributed by atoms with Gasteiger partial charge in [0.2, 0.25) is 5.56 Å². The van der Waals surface area contributed by atoms with Crippen molar-refractivity contribution in [3.63, 3.8) is 0 Å². The van der Waals surface area contributed by atoms with Gasteiger partial charge in [0.1, 0.15) is 5.65 Å². The van der Waals surface area contributed by atoms with E-state index in [0.29, 0.717) is 10.4 Å². The number of alkyl halides is 2. The molecule has 0 bridgehead atoms. The lowest BCUT2D eigenvalue weighted by molar-refractivity contribution is 0.152. The fraction of sp³-hybridized carbons (Fsp3) is 0.333. The number of halogens is 2. The number of fused-ring (bicyclic) bond motifs is 1. The minimum Gasteiger partial charge on any atom is -0.318 e. The molecule has 0 saturated carbocycles. The van der Waals surface area contributed by atoms with E-state index in [0.717, 1.165) is 6.07 Å². The molecule has 0 fully saturated rings. The highest BCUT2D eigenvalue weighted by Gasteiger charge is 2.18. The van der Waals surface area contributed by atoms with E-state index in [1.165, 1.54) is 9.13 Å². The lowest BCUT2D eigenvalue weighted by Gasteiger charge is -2.03. The van der Waals surface area contributed by atoms with Gasteiger partial charge in [-0.05, 0) is 12.2 Å². The molecule has 2 aromatic heterocycles. The van der Waals surface area contributed by atoms with Crippen LogP contribution in [0.5, 0.6) is 0 Å². The lowest BCUT2D eigenvalue weighted by atomic mass is 10.2. The van der Waals surface area contributed by atoms with Crippen molar-refractivity contribution >= 4 is 23.4 Å². The van der Waals surface area contributed by atoms with Crippen molar-refractivity contribution < 1.29 is 8.78 Å². The Bertz CT molecular complexity index is 668. The van der Waals surface area contributed by atoms with Crippen LogP contribution in [-0.2, 0) is 14.1 Å². The molecule has 0 atom stereocenters. The highest BCUT2D eigenvalue weighted by Crippen LogP contribution is 2.25. The van der Waals surface area contributed by atoms with Gasteiger partial charge in [0.15, 0.2) is 4.77 Å². The fourth-order valence-corrected chi connectivity index (χ4v) is 1.92. The van der Waals surface area contributed by atoms with Crippen molar-refractivity contribution in [1.29, 1.82) is 0 Å². The van der Waals surface area contributed by atoms with Crippen LogP contribution in [0, 0.1) is 4.77 Å². The summed E-state index contributed by atoms with van der Waals surface area (Å²) in [6, 6.07) is 0.905. The van der Waals surface area contributed by atoms with Crippen molar-refractivity contribution in [2.45, 2.75) is 6.43 Å². The van der Waals surface area contributed by atoms with Crippen molar-refractivity contribution in [2.75, 3.05) is 0 Å². The Hall–Kier alpha value is -1.50. The minimum absolute atomic E-state index is 0.266. The molecule has 2 rings (SSSR count). The number of pyridine rings is 1. The van der Waals surface area contributed by atoms with Crippen LogP contribution in [0.1, 0.15) is 12.0 Å². The predicted molar refractivity (Wildman–Crippen MR) is 58.3 cm³/mol. The average molecular weight is 245 g/mol. The molecular formula is C9H9F2N3OS. The summed E-state index contributed by atoms with van der Waals surface area (Å²) in [5, 5.41) is 0. The molecule has 4 nitrogen and oxygen atoms in total. The van der Waals surface area contributed by atoms with Crippen LogP contribution in [0.2, 0.25) is 0 Å². The van der Waals surface area contributed by atoms with E-state index in [2.05, 4.69) is 4.98 Å². The van der Waals surface area contributed by atoms with Crippen molar-refractivity contribution in [3.05, 3.63) is 26.8 Å². The largest absolute Gasteiger partial charge is 0.318 e. The molecule has 86 valence electrons. The van der Waals surface area contributed by atoms with Crippen LogP contribution in [0.3, 0.4) is 0 Å². The van der Waals surface area contributed by atoms with Crippen molar-refractivity contribution in [3.8, 4) is 0 Å². The number of hydrogen-bond donors (Lipinski definition) is 1. The maximum absolute atomic E-state index is 12.8. The third-order valence-electron chi connectivity index (χ3n) is 2.51. The van der Waals surface area contributed by atoms with Gasteiger partial charge in [0.25, 0.3) is 6.43 Å². The zero-order valence-electron chi connectivity index (χ0n) is 8.62. The molecule has 2 heterocycles. The van der Waals surface area contributed by atoms with Crippen LogP contribution in [-0.4, -0.2) is 14.1 Å². The Labute approximate surface area is 94.1 Å². The van der Waals surface area contributed by atoms with Crippen molar-refractivity contribution in [1.82, 2.24) is 14.1 Å². The Morgan fingerprint density at radius 1 is 1.38 bits per heavy atom. The molecule has 0 spiro atoms. The summed E-state index contributed by atoms with van der Waals surface area (Å²) in [5.74, 6) is 0. The number of H-pyrrole nitrogens is 1.